The van der Waals surface area contributed by atoms with E-state index in [1.165, 1.54) is 42.5 Å². The fraction of sp³-hybridized carbons (Fsp3) is 0.136. The van der Waals surface area contributed by atoms with Crippen molar-refractivity contribution in [3.05, 3.63) is 72.0 Å². The molecule has 0 aliphatic carbocycles. The predicted octanol–water partition coefficient (Wildman–Crippen LogP) is 4.06. The number of sulfonamides is 1. The third-order valence-corrected chi connectivity index (χ3v) is 5.73. The summed E-state index contributed by atoms with van der Waals surface area (Å²) in [6.45, 7) is -1.27. The summed E-state index contributed by atoms with van der Waals surface area (Å²) >= 11 is 0. The average molecular weight is 506 g/mol. The molecule has 182 valence electrons. The molecule has 0 atom stereocenters. The Morgan fingerprint density at radius 1 is 0.914 bits per heavy atom. The molecule has 2 aromatic carbocycles. The van der Waals surface area contributed by atoms with Crippen LogP contribution < -0.4 is 15.8 Å². The maximum absolute atomic E-state index is 13.3. The van der Waals surface area contributed by atoms with Gasteiger partial charge in [-0.1, -0.05) is 12.1 Å². The molecular weight excluding hydrogens is 488 g/mol. The molecule has 4 N–H and O–H groups in total. The Labute approximate surface area is 197 Å². The van der Waals surface area contributed by atoms with Crippen molar-refractivity contribution < 1.29 is 26.0 Å². The number of hydrogen-bond acceptors (Lipinski definition) is 7. The van der Waals surface area contributed by atoms with E-state index in [2.05, 4.69) is 25.6 Å². The van der Waals surface area contributed by atoms with Crippen LogP contribution in [0.3, 0.4) is 0 Å². The van der Waals surface area contributed by atoms with Crippen LogP contribution in [0.5, 0.6) is 0 Å². The topological polar surface area (TPSA) is 123 Å². The van der Waals surface area contributed by atoms with Crippen LogP contribution in [0.15, 0.2) is 65.6 Å². The molecule has 4 aromatic rings. The Kier molecular flexibility index (Phi) is 6.54. The van der Waals surface area contributed by atoms with Crippen molar-refractivity contribution in [2.24, 2.45) is 5.14 Å². The van der Waals surface area contributed by atoms with E-state index in [0.29, 0.717) is 16.8 Å². The molecule has 8 nitrogen and oxygen atoms in total. The van der Waals surface area contributed by atoms with Gasteiger partial charge in [0, 0.05) is 12.1 Å². The lowest BCUT2D eigenvalue weighted by molar-refractivity contribution is -0.115. The highest BCUT2D eigenvalue weighted by Crippen LogP contribution is 2.26. The number of rotatable bonds is 7. The Bertz CT molecular complexity index is 1480. The average Bonchev–Trinajstić information content (AvgIpc) is 2.80. The van der Waals surface area contributed by atoms with Gasteiger partial charge < -0.3 is 10.6 Å². The maximum atomic E-state index is 13.3. The molecular formula is C22H18F4N6O2S. The highest BCUT2D eigenvalue weighted by molar-refractivity contribution is 7.89. The van der Waals surface area contributed by atoms with Crippen LogP contribution in [0, 0.1) is 5.82 Å². The minimum atomic E-state index is -4.51. The van der Waals surface area contributed by atoms with Gasteiger partial charge in [-0.05, 0) is 54.1 Å². The molecule has 13 heteroatoms. The number of halogens is 4. The Hall–Kier alpha value is -3.84. The van der Waals surface area contributed by atoms with Crippen molar-refractivity contribution in [1.82, 2.24) is 15.0 Å². The molecule has 0 saturated heterocycles. The summed E-state index contributed by atoms with van der Waals surface area (Å²) in [6.07, 6.45) is -4.51. The van der Waals surface area contributed by atoms with E-state index in [1.54, 1.807) is 18.2 Å². The molecule has 0 unspecified atom stereocenters. The molecule has 35 heavy (non-hydrogen) atoms. The Morgan fingerprint density at radius 3 is 2.34 bits per heavy atom. The highest BCUT2D eigenvalue weighted by atomic mass is 32.2. The molecule has 0 bridgehead atoms. The monoisotopic (exact) mass is 506 g/mol. The number of primary sulfonamides is 1. The number of alkyl halides is 3. The zero-order chi connectivity index (χ0) is 25.2. The summed E-state index contributed by atoms with van der Waals surface area (Å²) in [5.74, 6) is -0.590. The maximum Gasteiger partial charge on any atom is 0.405 e. The quantitative estimate of drug-likeness (QED) is 0.323. The fourth-order valence-corrected chi connectivity index (χ4v) is 3.78. The Balaban J connectivity index is 1.68. The second-order valence-electron chi connectivity index (χ2n) is 7.48. The molecule has 2 heterocycles. The number of pyridine rings is 1. The molecule has 0 amide bonds. The number of hydrogen-bond donors (Lipinski definition) is 3. The second-order valence-corrected chi connectivity index (χ2v) is 9.04. The van der Waals surface area contributed by atoms with Gasteiger partial charge in [0.05, 0.1) is 16.1 Å². The lowest BCUT2D eigenvalue weighted by Gasteiger charge is -2.14. The first kappa shape index (κ1) is 24.3. The first-order valence-electron chi connectivity index (χ1n) is 10.1. The summed E-state index contributed by atoms with van der Waals surface area (Å²) in [6, 6.07) is 14.5. The van der Waals surface area contributed by atoms with Crippen molar-refractivity contribution in [3.8, 4) is 11.3 Å². The molecule has 0 spiro atoms. The molecule has 0 fully saturated rings. The largest absolute Gasteiger partial charge is 0.405 e. The molecule has 2 aromatic heterocycles. The van der Waals surface area contributed by atoms with E-state index in [9.17, 15) is 26.0 Å². The second kappa shape index (κ2) is 9.43. The first-order chi connectivity index (χ1) is 16.5. The van der Waals surface area contributed by atoms with Gasteiger partial charge in [0.15, 0.2) is 5.82 Å². The van der Waals surface area contributed by atoms with Crippen molar-refractivity contribution in [2.75, 3.05) is 17.2 Å². The van der Waals surface area contributed by atoms with Crippen molar-refractivity contribution in [2.45, 2.75) is 17.6 Å². The van der Waals surface area contributed by atoms with Crippen molar-refractivity contribution in [3.63, 3.8) is 0 Å². The molecule has 0 aliphatic heterocycles. The number of nitrogens with two attached hydrogens (primary N) is 1. The number of benzene rings is 2. The van der Waals surface area contributed by atoms with E-state index >= 15 is 0 Å². The molecule has 0 radical (unpaired) electrons. The van der Waals surface area contributed by atoms with E-state index < -0.39 is 28.6 Å². The smallest absolute Gasteiger partial charge is 0.359 e. The molecule has 0 aliphatic rings. The van der Waals surface area contributed by atoms with Gasteiger partial charge in [-0.15, -0.1) is 0 Å². The van der Waals surface area contributed by atoms with Crippen LogP contribution in [0.1, 0.15) is 5.56 Å². The fourth-order valence-electron chi connectivity index (χ4n) is 3.20. The van der Waals surface area contributed by atoms with Gasteiger partial charge >= 0.3 is 6.18 Å². The lowest BCUT2D eigenvalue weighted by atomic mass is 10.1. The summed E-state index contributed by atoms with van der Waals surface area (Å²) in [5, 5.41) is 10.3. The van der Waals surface area contributed by atoms with Crippen LogP contribution in [0.4, 0.5) is 29.3 Å². The Morgan fingerprint density at radius 2 is 1.66 bits per heavy atom. The molecule has 0 saturated carbocycles. The number of anilines is 2. The third-order valence-electron chi connectivity index (χ3n) is 4.82. The summed E-state index contributed by atoms with van der Waals surface area (Å²) in [4.78, 5) is 12.8. The van der Waals surface area contributed by atoms with Crippen LogP contribution in [-0.4, -0.2) is 36.1 Å². The van der Waals surface area contributed by atoms with Crippen LogP contribution in [0.2, 0.25) is 0 Å². The van der Waals surface area contributed by atoms with E-state index in [-0.39, 0.29) is 34.2 Å². The predicted molar refractivity (Wildman–Crippen MR) is 122 cm³/mol. The summed E-state index contributed by atoms with van der Waals surface area (Å²) in [5.41, 5.74) is 1.85. The van der Waals surface area contributed by atoms with Gasteiger partial charge in [0.25, 0.3) is 0 Å². The number of nitrogens with zero attached hydrogens (tertiary/aromatic N) is 3. The normalized spacial score (nSPS) is 12.0. The van der Waals surface area contributed by atoms with Crippen molar-refractivity contribution in [1.29, 1.82) is 0 Å². The summed E-state index contributed by atoms with van der Waals surface area (Å²) < 4.78 is 75.0. The number of aromatic nitrogens is 3. The SMILES string of the molecule is NS(=O)(=O)c1cccc(CNc2nc(NCC(F)(F)F)c3nc(-c4ccc(F)cc4)ccc3n2)c1. The van der Waals surface area contributed by atoms with Crippen LogP contribution in [0.25, 0.3) is 22.3 Å². The van der Waals surface area contributed by atoms with Crippen LogP contribution >= 0.6 is 0 Å². The minimum Gasteiger partial charge on any atom is -0.359 e. The van der Waals surface area contributed by atoms with Gasteiger partial charge in [-0.2, -0.15) is 18.2 Å². The van der Waals surface area contributed by atoms with Gasteiger partial charge in [0.2, 0.25) is 16.0 Å². The first-order valence-corrected chi connectivity index (χ1v) is 11.6. The van der Waals surface area contributed by atoms with E-state index in [1.807, 2.05) is 0 Å². The van der Waals surface area contributed by atoms with E-state index in [4.69, 9.17) is 5.14 Å². The standard InChI is InChI=1S/C22H18F4N6O2S/c23-15-6-4-14(5-7-15)17-8-9-18-19(30-17)20(29-12-22(24,25)26)32-21(31-18)28-11-13-2-1-3-16(10-13)35(27,33)34/h1-10H,11-12H2,(H2,27,33,34)(H2,28,29,31,32). The van der Waals surface area contributed by atoms with Gasteiger partial charge in [0.1, 0.15) is 17.9 Å². The summed E-state index contributed by atoms with van der Waals surface area (Å²) in [7, 11) is -3.90. The van der Waals surface area contributed by atoms with Gasteiger partial charge in [-0.3, -0.25) is 0 Å². The zero-order valence-corrected chi connectivity index (χ0v) is 18.7. The third kappa shape index (κ3) is 6.19. The van der Waals surface area contributed by atoms with Gasteiger partial charge in [-0.25, -0.2) is 27.9 Å². The molecule has 4 rings (SSSR count). The number of fused-ring (bicyclic) bond motifs is 1. The minimum absolute atomic E-state index is 0.000449. The van der Waals surface area contributed by atoms with Crippen molar-refractivity contribution >= 4 is 32.8 Å². The van der Waals surface area contributed by atoms with Crippen LogP contribution in [-0.2, 0) is 16.6 Å². The van der Waals surface area contributed by atoms with E-state index in [0.717, 1.165) is 0 Å². The highest BCUT2D eigenvalue weighted by Gasteiger charge is 2.27. The number of nitrogens with one attached hydrogen (secondary N) is 2. The lowest BCUT2D eigenvalue weighted by Crippen LogP contribution is -2.22. The zero-order valence-electron chi connectivity index (χ0n) is 17.8.